The lowest BCUT2D eigenvalue weighted by Crippen LogP contribution is -2.13. The Morgan fingerprint density at radius 1 is 1.35 bits per heavy atom. The van der Waals surface area contributed by atoms with Crippen LogP contribution in [0.1, 0.15) is 15.9 Å². The van der Waals surface area contributed by atoms with E-state index in [-0.39, 0.29) is 0 Å². The van der Waals surface area contributed by atoms with Crippen LogP contribution >= 0.6 is 11.3 Å². The number of hydrogen-bond acceptors (Lipinski definition) is 4. The predicted octanol–water partition coefficient (Wildman–Crippen LogP) is 2.01. The minimum absolute atomic E-state index is 0.342. The Hall–Kier alpha value is -2.01. The molecule has 88 valence electrons. The highest BCUT2D eigenvalue weighted by atomic mass is 32.1. The van der Waals surface area contributed by atoms with Crippen LogP contribution < -0.4 is 16.2 Å². The molecule has 1 aromatic carbocycles. The molecule has 0 atom stereocenters. The van der Waals surface area contributed by atoms with E-state index in [1.807, 2.05) is 16.8 Å². The number of rotatable bonds is 4. The number of hydrogen-bond donors (Lipinski definition) is 2. The van der Waals surface area contributed by atoms with Gasteiger partial charge in [-0.05, 0) is 34.5 Å². The molecule has 0 saturated heterocycles. The smallest absolute Gasteiger partial charge is 0.252 e. The van der Waals surface area contributed by atoms with Gasteiger partial charge in [0.05, 0.1) is 5.56 Å². The average Bonchev–Trinajstić information content (AvgIpc) is 2.78. The van der Waals surface area contributed by atoms with E-state index in [1.54, 1.807) is 29.5 Å². The van der Waals surface area contributed by atoms with Gasteiger partial charge in [0.15, 0.2) is 0 Å². The maximum Gasteiger partial charge on any atom is 0.252 e. The Balaban J connectivity index is 2.19. The topological polar surface area (TPSA) is 78.3 Å². The summed E-state index contributed by atoms with van der Waals surface area (Å²) in [7, 11) is 0. The van der Waals surface area contributed by atoms with Gasteiger partial charge in [0.1, 0.15) is 12.4 Å². The summed E-state index contributed by atoms with van der Waals surface area (Å²) >= 11 is 1.59. The van der Waals surface area contributed by atoms with Crippen LogP contribution in [0.2, 0.25) is 0 Å². The van der Waals surface area contributed by atoms with E-state index in [2.05, 4.69) is 0 Å². The molecule has 2 rings (SSSR count). The minimum atomic E-state index is -0.523. The van der Waals surface area contributed by atoms with Crippen LogP contribution in [0.4, 0.5) is 5.69 Å². The number of nitrogens with two attached hydrogens (primary N) is 2. The van der Waals surface area contributed by atoms with E-state index in [4.69, 9.17) is 16.2 Å². The first-order valence-corrected chi connectivity index (χ1v) is 5.94. The molecule has 0 radical (unpaired) electrons. The summed E-state index contributed by atoms with van der Waals surface area (Å²) in [4.78, 5) is 11.2. The van der Waals surface area contributed by atoms with Crippen LogP contribution in [-0.4, -0.2) is 5.91 Å². The minimum Gasteiger partial charge on any atom is -0.488 e. The highest BCUT2D eigenvalue weighted by molar-refractivity contribution is 7.07. The second-order valence-corrected chi connectivity index (χ2v) is 4.32. The van der Waals surface area contributed by atoms with Crippen LogP contribution in [0.5, 0.6) is 5.75 Å². The second-order valence-electron chi connectivity index (χ2n) is 3.54. The molecule has 0 bridgehead atoms. The lowest BCUT2D eigenvalue weighted by Gasteiger charge is -2.09. The zero-order chi connectivity index (χ0) is 12.3. The van der Waals surface area contributed by atoms with E-state index >= 15 is 0 Å². The number of thiophene rings is 1. The molecule has 17 heavy (non-hydrogen) atoms. The van der Waals surface area contributed by atoms with Crippen molar-refractivity contribution in [2.45, 2.75) is 6.61 Å². The summed E-state index contributed by atoms with van der Waals surface area (Å²) in [5.41, 5.74) is 12.8. The first kappa shape index (κ1) is 11.5. The Morgan fingerprint density at radius 3 is 2.82 bits per heavy atom. The third kappa shape index (κ3) is 2.76. The molecule has 0 aliphatic carbocycles. The third-order valence-corrected chi connectivity index (χ3v) is 2.98. The van der Waals surface area contributed by atoms with Crippen LogP contribution in [-0.2, 0) is 6.61 Å². The SMILES string of the molecule is NC(=O)c1ccc(N)cc1OCc1ccsc1. The molecule has 4 nitrogen and oxygen atoms in total. The normalized spacial score (nSPS) is 10.1. The van der Waals surface area contributed by atoms with E-state index in [1.165, 1.54) is 0 Å². The Morgan fingerprint density at radius 2 is 2.18 bits per heavy atom. The standard InChI is InChI=1S/C12H12N2O2S/c13-9-1-2-10(12(14)15)11(5-9)16-6-8-3-4-17-7-8/h1-5,7H,6,13H2,(H2,14,15). The fourth-order valence-electron chi connectivity index (χ4n) is 1.40. The summed E-state index contributed by atoms with van der Waals surface area (Å²) in [5.74, 6) is -0.103. The lowest BCUT2D eigenvalue weighted by atomic mass is 10.1. The summed E-state index contributed by atoms with van der Waals surface area (Å²) < 4.78 is 5.55. The van der Waals surface area contributed by atoms with Crippen molar-refractivity contribution in [2.75, 3.05) is 5.73 Å². The molecule has 2 aromatic rings. The summed E-state index contributed by atoms with van der Waals surface area (Å²) in [6.45, 7) is 0.396. The van der Waals surface area contributed by atoms with Crippen molar-refractivity contribution < 1.29 is 9.53 Å². The van der Waals surface area contributed by atoms with Gasteiger partial charge in [-0.2, -0.15) is 11.3 Å². The number of amides is 1. The van der Waals surface area contributed by atoms with Gasteiger partial charge in [-0.25, -0.2) is 0 Å². The lowest BCUT2D eigenvalue weighted by molar-refractivity contribution is 0.0996. The van der Waals surface area contributed by atoms with Gasteiger partial charge in [-0.1, -0.05) is 0 Å². The maximum absolute atomic E-state index is 11.2. The molecule has 1 aromatic heterocycles. The van der Waals surface area contributed by atoms with Crippen molar-refractivity contribution >= 4 is 22.9 Å². The molecule has 1 amide bonds. The highest BCUT2D eigenvalue weighted by Gasteiger charge is 2.09. The number of carbonyl (C=O) groups excluding carboxylic acids is 1. The number of primary amides is 1. The Bertz CT molecular complexity index is 523. The summed E-state index contributed by atoms with van der Waals surface area (Å²) in [6.07, 6.45) is 0. The molecule has 0 spiro atoms. The molecule has 5 heteroatoms. The zero-order valence-electron chi connectivity index (χ0n) is 9.05. The van der Waals surface area contributed by atoms with E-state index in [0.29, 0.717) is 23.6 Å². The molecule has 0 saturated carbocycles. The zero-order valence-corrected chi connectivity index (χ0v) is 9.87. The molecule has 1 heterocycles. The summed E-state index contributed by atoms with van der Waals surface area (Å²) in [5, 5.41) is 3.95. The van der Waals surface area contributed by atoms with Gasteiger partial charge in [0.2, 0.25) is 0 Å². The van der Waals surface area contributed by atoms with Crippen LogP contribution in [0.3, 0.4) is 0 Å². The van der Waals surface area contributed by atoms with Crippen molar-refractivity contribution in [3.8, 4) is 5.75 Å². The number of benzene rings is 1. The molecule has 0 fully saturated rings. The van der Waals surface area contributed by atoms with Crippen molar-refractivity contribution in [3.05, 3.63) is 46.2 Å². The van der Waals surface area contributed by atoms with Crippen LogP contribution in [0.25, 0.3) is 0 Å². The monoisotopic (exact) mass is 248 g/mol. The fraction of sp³-hybridized carbons (Fsp3) is 0.0833. The molecule has 0 aliphatic heterocycles. The van der Waals surface area contributed by atoms with Crippen molar-refractivity contribution in [3.63, 3.8) is 0 Å². The molecular formula is C12H12N2O2S. The Kier molecular flexibility index (Phi) is 3.30. The number of carbonyl (C=O) groups is 1. The molecule has 0 aliphatic rings. The van der Waals surface area contributed by atoms with Crippen molar-refractivity contribution in [1.29, 1.82) is 0 Å². The second kappa shape index (κ2) is 4.88. The first-order valence-electron chi connectivity index (χ1n) is 5.00. The molecule has 4 N–H and O–H groups in total. The van der Waals surface area contributed by atoms with Crippen LogP contribution in [0, 0.1) is 0 Å². The van der Waals surface area contributed by atoms with Crippen LogP contribution in [0.15, 0.2) is 35.0 Å². The van der Waals surface area contributed by atoms with E-state index in [0.717, 1.165) is 5.56 Å². The van der Waals surface area contributed by atoms with Gasteiger partial charge in [-0.15, -0.1) is 0 Å². The molecular weight excluding hydrogens is 236 g/mol. The Labute approximate surface area is 103 Å². The molecule has 0 unspecified atom stereocenters. The van der Waals surface area contributed by atoms with Gasteiger partial charge in [-0.3, -0.25) is 4.79 Å². The quantitative estimate of drug-likeness (QED) is 0.812. The van der Waals surface area contributed by atoms with Gasteiger partial charge < -0.3 is 16.2 Å². The van der Waals surface area contributed by atoms with Gasteiger partial charge >= 0.3 is 0 Å². The largest absolute Gasteiger partial charge is 0.488 e. The average molecular weight is 248 g/mol. The summed E-state index contributed by atoms with van der Waals surface area (Å²) in [6, 6.07) is 6.76. The fourth-order valence-corrected chi connectivity index (χ4v) is 2.05. The number of anilines is 1. The van der Waals surface area contributed by atoms with Crippen molar-refractivity contribution in [1.82, 2.24) is 0 Å². The van der Waals surface area contributed by atoms with E-state index < -0.39 is 5.91 Å². The van der Waals surface area contributed by atoms with E-state index in [9.17, 15) is 4.79 Å². The van der Waals surface area contributed by atoms with Gasteiger partial charge in [0, 0.05) is 11.8 Å². The third-order valence-electron chi connectivity index (χ3n) is 2.25. The van der Waals surface area contributed by atoms with Crippen molar-refractivity contribution in [2.24, 2.45) is 5.73 Å². The predicted molar refractivity (Wildman–Crippen MR) is 68.0 cm³/mol. The highest BCUT2D eigenvalue weighted by Crippen LogP contribution is 2.22. The number of ether oxygens (including phenoxy) is 1. The number of nitrogen functional groups attached to an aromatic ring is 1. The maximum atomic E-state index is 11.2. The van der Waals surface area contributed by atoms with Gasteiger partial charge in [0.25, 0.3) is 5.91 Å². The first-order chi connectivity index (χ1) is 8.16.